The third-order valence-corrected chi connectivity index (χ3v) is 0.690. The van der Waals surface area contributed by atoms with Gasteiger partial charge in [-0.3, -0.25) is 4.79 Å². The van der Waals surface area contributed by atoms with Gasteiger partial charge in [0.2, 0.25) is 0 Å². The van der Waals surface area contributed by atoms with E-state index in [1.54, 1.807) is 0 Å². The van der Waals surface area contributed by atoms with E-state index in [1.807, 2.05) is 0 Å². The van der Waals surface area contributed by atoms with Crippen LogP contribution < -0.4 is 0 Å². The number of halogens is 3. The molecule has 2 nitrogen and oxygen atoms in total. The van der Waals surface area contributed by atoms with Crippen LogP contribution in [0.5, 0.6) is 0 Å². The van der Waals surface area contributed by atoms with E-state index in [4.69, 9.17) is 0 Å². The van der Waals surface area contributed by atoms with E-state index in [-0.39, 0.29) is 12.7 Å². The van der Waals surface area contributed by atoms with Crippen molar-refractivity contribution in [1.82, 2.24) is 0 Å². The molecule has 0 rings (SSSR count). The van der Waals surface area contributed by atoms with Crippen molar-refractivity contribution in [2.75, 3.05) is 6.61 Å². The average molecular weight is 168 g/mol. The number of carbonyl (C=O) groups is 1. The van der Waals surface area contributed by atoms with Crippen LogP contribution in [-0.4, -0.2) is 18.8 Å². The molecule has 0 fully saturated rings. The lowest BCUT2D eigenvalue weighted by atomic mass is 10.5. The summed E-state index contributed by atoms with van der Waals surface area (Å²) in [6.07, 6.45) is -3.57. The summed E-state index contributed by atoms with van der Waals surface area (Å²) >= 11 is 0. The number of allylic oxidation sites excluding steroid dienone is 1. The number of carbonyl (C=O) groups excluding carboxylic acids is 1. The second kappa shape index (κ2) is 4.00. The Bertz CT molecular complexity index is 160. The van der Waals surface area contributed by atoms with Crippen molar-refractivity contribution in [1.29, 1.82) is 0 Å². The van der Waals surface area contributed by atoms with Crippen LogP contribution in [0.1, 0.15) is 6.92 Å². The Balaban J connectivity index is 3.54. The molecular weight excluding hydrogens is 161 g/mol. The first-order valence-electron chi connectivity index (χ1n) is 2.79. The van der Waals surface area contributed by atoms with Gasteiger partial charge >= 0.3 is 12.1 Å². The molecule has 0 aliphatic carbocycles. The zero-order chi connectivity index (χ0) is 8.91. The molecule has 0 spiro atoms. The van der Waals surface area contributed by atoms with Gasteiger partial charge in [-0.25, -0.2) is 0 Å². The maximum atomic E-state index is 11.4. The molecule has 0 heterocycles. The molecule has 0 aromatic rings. The highest BCUT2D eigenvalue weighted by atomic mass is 19.4. The van der Waals surface area contributed by atoms with Crippen LogP contribution in [-0.2, 0) is 9.53 Å². The molecule has 11 heavy (non-hydrogen) atoms. The van der Waals surface area contributed by atoms with Gasteiger partial charge in [-0.1, -0.05) is 0 Å². The normalized spacial score (nSPS) is 12.0. The molecule has 0 unspecified atom stereocenters. The third-order valence-electron chi connectivity index (χ3n) is 0.690. The zero-order valence-corrected chi connectivity index (χ0v) is 5.81. The van der Waals surface area contributed by atoms with E-state index in [0.717, 1.165) is 13.0 Å². The highest BCUT2D eigenvalue weighted by Crippen LogP contribution is 2.15. The van der Waals surface area contributed by atoms with Crippen molar-refractivity contribution in [3.05, 3.63) is 12.2 Å². The number of alkyl halides is 3. The van der Waals surface area contributed by atoms with E-state index >= 15 is 0 Å². The summed E-state index contributed by atoms with van der Waals surface area (Å²) in [5, 5.41) is 0. The number of ether oxygens (including phenoxy) is 1. The first kappa shape index (κ1) is 10.0. The monoisotopic (exact) mass is 168 g/mol. The molecule has 0 aliphatic rings. The third kappa shape index (κ3) is 9.00. The van der Waals surface area contributed by atoms with Crippen LogP contribution in [0.3, 0.4) is 0 Å². The summed E-state index contributed by atoms with van der Waals surface area (Å²) in [7, 11) is 0. The summed E-state index contributed by atoms with van der Waals surface area (Å²) < 4.78 is 38.3. The predicted octanol–water partition coefficient (Wildman–Crippen LogP) is 1.67. The molecule has 0 radical (unpaired) electrons. The Labute approximate surface area is 61.6 Å². The molecule has 0 N–H and O–H groups in total. The topological polar surface area (TPSA) is 26.3 Å². The predicted molar refractivity (Wildman–Crippen MR) is 31.8 cm³/mol. The Morgan fingerprint density at radius 1 is 1.55 bits per heavy atom. The summed E-state index contributed by atoms with van der Waals surface area (Å²) in [6.45, 7) is 0.788. The second-order valence-electron chi connectivity index (χ2n) is 1.75. The maximum absolute atomic E-state index is 11.4. The largest absolute Gasteiger partial charge is 0.462 e. The van der Waals surface area contributed by atoms with Gasteiger partial charge in [-0.15, -0.1) is 0 Å². The van der Waals surface area contributed by atoms with Crippen LogP contribution in [0.4, 0.5) is 13.2 Å². The van der Waals surface area contributed by atoms with Gasteiger partial charge in [0.1, 0.15) is 6.61 Å². The SMILES string of the molecule is CC(=O)OCC=CC(F)(F)F. The molecule has 0 saturated heterocycles. The van der Waals surface area contributed by atoms with Gasteiger partial charge in [0.25, 0.3) is 0 Å². The van der Waals surface area contributed by atoms with Crippen molar-refractivity contribution < 1.29 is 22.7 Å². The highest BCUT2D eigenvalue weighted by molar-refractivity contribution is 5.65. The first-order chi connectivity index (χ1) is 4.92. The van der Waals surface area contributed by atoms with E-state index in [2.05, 4.69) is 4.74 Å². The minimum absolute atomic E-state index is 0.0238. The van der Waals surface area contributed by atoms with Crippen molar-refractivity contribution in [2.45, 2.75) is 13.1 Å². The Morgan fingerprint density at radius 3 is 2.45 bits per heavy atom. The fourth-order valence-electron chi connectivity index (χ4n) is 0.347. The van der Waals surface area contributed by atoms with Gasteiger partial charge < -0.3 is 4.74 Å². The van der Waals surface area contributed by atoms with Gasteiger partial charge in [0, 0.05) is 13.0 Å². The molecule has 0 aliphatic heterocycles. The van der Waals surface area contributed by atoms with Gasteiger partial charge in [0.15, 0.2) is 0 Å². The second-order valence-corrected chi connectivity index (χ2v) is 1.75. The number of hydrogen-bond donors (Lipinski definition) is 0. The molecule has 0 saturated carbocycles. The average Bonchev–Trinajstić information content (AvgIpc) is 1.78. The van der Waals surface area contributed by atoms with Crippen LogP contribution >= 0.6 is 0 Å². The summed E-state index contributed by atoms with van der Waals surface area (Å²) in [6, 6.07) is 0. The van der Waals surface area contributed by atoms with E-state index in [1.165, 1.54) is 0 Å². The maximum Gasteiger partial charge on any atom is 0.409 e. The number of esters is 1. The lowest BCUT2D eigenvalue weighted by Gasteiger charge is -1.97. The zero-order valence-electron chi connectivity index (χ0n) is 5.81. The van der Waals surface area contributed by atoms with Gasteiger partial charge in [-0.2, -0.15) is 13.2 Å². The minimum Gasteiger partial charge on any atom is -0.462 e. The summed E-state index contributed by atoms with van der Waals surface area (Å²) in [5.41, 5.74) is 0. The standard InChI is InChI=1S/C6H7F3O2/c1-5(10)11-4-2-3-6(7,8)9/h2-3H,4H2,1H3. The summed E-state index contributed by atoms with van der Waals surface area (Å²) in [4.78, 5) is 10.0. The number of hydrogen-bond acceptors (Lipinski definition) is 2. The Kier molecular flexibility index (Phi) is 3.64. The lowest BCUT2D eigenvalue weighted by molar-refractivity contribution is -0.139. The Morgan fingerprint density at radius 2 is 2.09 bits per heavy atom. The number of rotatable bonds is 2. The Hall–Kier alpha value is -1.00. The van der Waals surface area contributed by atoms with Gasteiger partial charge in [0.05, 0.1) is 0 Å². The van der Waals surface area contributed by atoms with Gasteiger partial charge in [-0.05, 0) is 6.08 Å². The van der Waals surface area contributed by atoms with Crippen LogP contribution in [0, 0.1) is 0 Å². The highest BCUT2D eigenvalue weighted by Gasteiger charge is 2.21. The minimum atomic E-state index is -4.33. The molecule has 0 aromatic heterocycles. The molecule has 0 aromatic carbocycles. The molecule has 0 amide bonds. The molecular formula is C6H7F3O2. The van der Waals surface area contributed by atoms with E-state index in [9.17, 15) is 18.0 Å². The smallest absolute Gasteiger partial charge is 0.409 e. The molecule has 64 valence electrons. The molecule has 5 heteroatoms. The van der Waals surface area contributed by atoms with Crippen molar-refractivity contribution in [3.63, 3.8) is 0 Å². The van der Waals surface area contributed by atoms with Crippen molar-refractivity contribution in [3.8, 4) is 0 Å². The van der Waals surface area contributed by atoms with E-state index in [0.29, 0.717) is 0 Å². The molecule has 0 bridgehead atoms. The van der Waals surface area contributed by atoms with Crippen LogP contribution in [0.25, 0.3) is 0 Å². The fraction of sp³-hybridized carbons (Fsp3) is 0.500. The summed E-state index contributed by atoms with van der Waals surface area (Å²) in [5.74, 6) is -0.600. The fourth-order valence-corrected chi connectivity index (χ4v) is 0.347. The quantitative estimate of drug-likeness (QED) is 0.463. The van der Waals surface area contributed by atoms with Crippen LogP contribution in [0.2, 0.25) is 0 Å². The lowest BCUT2D eigenvalue weighted by Crippen LogP contribution is -2.03. The molecule has 0 atom stereocenters. The van der Waals surface area contributed by atoms with Crippen molar-refractivity contribution >= 4 is 5.97 Å². The van der Waals surface area contributed by atoms with Crippen LogP contribution in [0.15, 0.2) is 12.2 Å². The van der Waals surface area contributed by atoms with E-state index < -0.39 is 12.1 Å². The first-order valence-corrected chi connectivity index (χ1v) is 2.79. The van der Waals surface area contributed by atoms with Crippen molar-refractivity contribution in [2.24, 2.45) is 0 Å².